The van der Waals surface area contributed by atoms with Gasteiger partial charge in [0.15, 0.2) is 5.78 Å². The molecule has 16 heavy (non-hydrogen) atoms. The van der Waals surface area contributed by atoms with Crippen molar-refractivity contribution in [1.29, 1.82) is 0 Å². The SMILES string of the molecule is CC(=O)c1cccc(NC(=O)C2CNC2)c1. The second-order valence-electron chi connectivity index (χ2n) is 3.98. The molecule has 1 heterocycles. The summed E-state index contributed by atoms with van der Waals surface area (Å²) in [4.78, 5) is 22.8. The maximum Gasteiger partial charge on any atom is 0.230 e. The molecule has 0 saturated carbocycles. The van der Waals surface area contributed by atoms with Crippen LogP contribution in [-0.4, -0.2) is 24.8 Å². The molecular weight excluding hydrogens is 204 g/mol. The molecule has 1 aliphatic heterocycles. The van der Waals surface area contributed by atoms with Gasteiger partial charge < -0.3 is 10.6 Å². The predicted octanol–water partition coefficient (Wildman–Crippen LogP) is 1.05. The summed E-state index contributed by atoms with van der Waals surface area (Å²) in [5.41, 5.74) is 1.30. The van der Waals surface area contributed by atoms with Crippen molar-refractivity contribution in [3.63, 3.8) is 0 Å². The number of hydrogen-bond acceptors (Lipinski definition) is 3. The summed E-state index contributed by atoms with van der Waals surface area (Å²) in [6.07, 6.45) is 0. The van der Waals surface area contributed by atoms with E-state index in [0.717, 1.165) is 13.1 Å². The lowest BCUT2D eigenvalue weighted by Crippen LogP contribution is -2.48. The summed E-state index contributed by atoms with van der Waals surface area (Å²) in [5.74, 6) is 0.0712. The number of carbonyl (C=O) groups excluding carboxylic acids is 2. The van der Waals surface area contributed by atoms with Crippen LogP contribution in [0.2, 0.25) is 0 Å². The van der Waals surface area contributed by atoms with Crippen molar-refractivity contribution in [3.05, 3.63) is 29.8 Å². The number of nitrogens with one attached hydrogen (secondary N) is 2. The van der Waals surface area contributed by atoms with Gasteiger partial charge in [-0.3, -0.25) is 9.59 Å². The number of rotatable bonds is 3. The molecule has 1 aliphatic rings. The van der Waals surface area contributed by atoms with Gasteiger partial charge in [0.05, 0.1) is 5.92 Å². The normalized spacial score (nSPS) is 15.3. The third kappa shape index (κ3) is 2.28. The lowest BCUT2D eigenvalue weighted by molar-refractivity contribution is -0.121. The Labute approximate surface area is 94.0 Å². The maximum atomic E-state index is 11.6. The number of amides is 1. The van der Waals surface area contributed by atoms with E-state index >= 15 is 0 Å². The number of hydrogen-bond donors (Lipinski definition) is 2. The van der Waals surface area contributed by atoms with Gasteiger partial charge in [0.2, 0.25) is 5.91 Å². The first-order valence-corrected chi connectivity index (χ1v) is 5.29. The average molecular weight is 218 g/mol. The van der Waals surface area contributed by atoms with Crippen LogP contribution >= 0.6 is 0 Å². The van der Waals surface area contributed by atoms with Crippen LogP contribution in [0.1, 0.15) is 17.3 Å². The molecule has 0 bridgehead atoms. The van der Waals surface area contributed by atoms with Gasteiger partial charge in [-0.2, -0.15) is 0 Å². The molecule has 4 nitrogen and oxygen atoms in total. The van der Waals surface area contributed by atoms with Crippen LogP contribution in [0.3, 0.4) is 0 Å². The molecule has 0 unspecified atom stereocenters. The van der Waals surface area contributed by atoms with Gasteiger partial charge in [-0.25, -0.2) is 0 Å². The molecule has 0 aliphatic carbocycles. The van der Waals surface area contributed by atoms with Gasteiger partial charge >= 0.3 is 0 Å². The molecular formula is C12H14N2O2. The van der Waals surface area contributed by atoms with E-state index in [4.69, 9.17) is 0 Å². The zero-order valence-corrected chi connectivity index (χ0v) is 9.12. The Kier molecular flexibility index (Phi) is 3.01. The van der Waals surface area contributed by atoms with Crippen LogP contribution in [0.15, 0.2) is 24.3 Å². The van der Waals surface area contributed by atoms with Gasteiger partial charge in [0, 0.05) is 24.3 Å². The van der Waals surface area contributed by atoms with Crippen LogP contribution in [0.4, 0.5) is 5.69 Å². The molecule has 1 aromatic carbocycles. The smallest absolute Gasteiger partial charge is 0.230 e. The van der Waals surface area contributed by atoms with Crippen molar-refractivity contribution in [2.24, 2.45) is 5.92 Å². The summed E-state index contributed by atoms with van der Waals surface area (Å²) < 4.78 is 0. The molecule has 1 amide bonds. The number of benzene rings is 1. The van der Waals surface area contributed by atoms with Crippen LogP contribution in [0.5, 0.6) is 0 Å². The molecule has 2 rings (SSSR count). The van der Waals surface area contributed by atoms with Crippen LogP contribution < -0.4 is 10.6 Å². The summed E-state index contributed by atoms with van der Waals surface area (Å²) in [6, 6.07) is 7.00. The minimum Gasteiger partial charge on any atom is -0.326 e. The topological polar surface area (TPSA) is 58.2 Å². The van der Waals surface area contributed by atoms with Gasteiger partial charge in [-0.05, 0) is 19.1 Å². The first-order valence-electron chi connectivity index (χ1n) is 5.29. The van der Waals surface area contributed by atoms with Gasteiger partial charge in [-0.15, -0.1) is 0 Å². The fourth-order valence-corrected chi connectivity index (χ4v) is 1.53. The van der Waals surface area contributed by atoms with Crippen molar-refractivity contribution in [2.75, 3.05) is 18.4 Å². The van der Waals surface area contributed by atoms with E-state index in [9.17, 15) is 9.59 Å². The monoisotopic (exact) mass is 218 g/mol. The number of ketones is 1. The summed E-state index contributed by atoms with van der Waals surface area (Å²) >= 11 is 0. The van der Waals surface area contributed by atoms with Crippen molar-refractivity contribution in [2.45, 2.75) is 6.92 Å². The van der Waals surface area contributed by atoms with Crippen molar-refractivity contribution in [1.82, 2.24) is 5.32 Å². The largest absolute Gasteiger partial charge is 0.326 e. The number of Topliss-reactive ketones (excluding diaryl/α,β-unsaturated/α-hetero) is 1. The van der Waals surface area contributed by atoms with E-state index in [1.165, 1.54) is 6.92 Å². The first-order chi connectivity index (χ1) is 7.66. The van der Waals surface area contributed by atoms with E-state index in [0.29, 0.717) is 11.3 Å². The van der Waals surface area contributed by atoms with E-state index in [1.807, 2.05) is 0 Å². The molecule has 0 spiro atoms. The minimum atomic E-state index is 0.00131. The van der Waals surface area contributed by atoms with E-state index in [1.54, 1.807) is 24.3 Å². The summed E-state index contributed by atoms with van der Waals surface area (Å²) in [7, 11) is 0. The standard InChI is InChI=1S/C12H14N2O2/c1-8(15)9-3-2-4-11(5-9)14-12(16)10-6-13-7-10/h2-5,10,13H,6-7H2,1H3,(H,14,16). The van der Waals surface area contributed by atoms with Gasteiger partial charge in [0.1, 0.15) is 0 Å². The highest BCUT2D eigenvalue weighted by Crippen LogP contribution is 2.13. The quantitative estimate of drug-likeness (QED) is 0.745. The minimum absolute atomic E-state index is 0.00131. The number of anilines is 1. The Hall–Kier alpha value is -1.68. The molecule has 1 fully saturated rings. The lowest BCUT2D eigenvalue weighted by Gasteiger charge is -2.25. The van der Waals surface area contributed by atoms with Crippen LogP contribution in [-0.2, 0) is 4.79 Å². The summed E-state index contributed by atoms with van der Waals surface area (Å²) in [6.45, 7) is 2.98. The Bertz CT molecular complexity index is 425. The molecule has 1 saturated heterocycles. The third-order valence-corrected chi connectivity index (χ3v) is 2.69. The van der Waals surface area contributed by atoms with Crippen molar-refractivity contribution >= 4 is 17.4 Å². The van der Waals surface area contributed by atoms with Crippen molar-refractivity contribution in [3.8, 4) is 0 Å². The summed E-state index contributed by atoms with van der Waals surface area (Å²) in [5, 5.41) is 5.85. The highest BCUT2D eigenvalue weighted by atomic mass is 16.2. The first kappa shape index (κ1) is 10.8. The van der Waals surface area contributed by atoms with Crippen LogP contribution in [0.25, 0.3) is 0 Å². The molecule has 0 aromatic heterocycles. The molecule has 4 heteroatoms. The second kappa shape index (κ2) is 4.45. The van der Waals surface area contributed by atoms with Crippen LogP contribution in [0, 0.1) is 5.92 Å². The van der Waals surface area contributed by atoms with E-state index < -0.39 is 0 Å². The molecule has 2 N–H and O–H groups in total. The fraction of sp³-hybridized carbons (Fsp3) is 0.333. The Morgan fingerprint density at radius 2 is 2.12 bits per heavy atom. The third-order valence-electron chi connectivity index (χ3n) is 2.69. The zero-order valence-electron chi connectivity index (χ0n) is 9.12. The second-order valence-corrected chi connectivity index (χ2v) is 3.98. The van der Waals surface area contributed by atoms with E-state index in [2.05, 4.69) is 10.6 Å². The Balaban J connectivity index is 2.05. The number of carbonyl (C=O) groups is 2. The molecule has 84 valence electrons. The Morgan fingerprint density at radius 1 is 1.38 bits per heavy atom. The molecule has 0 radical (unpaired) electrons. The highest BCUT2D eigenvalue weighted by Gasteiger charge is 2.24. The average Bonchev–Trinajstić information content (AvgIpc) is 2.15. The zero-order chi connectivity index (χ0) is 11.5. The highest BCUT2D eigenvalue weighted by molar-refractivity contribution is 5.97. The fourth-order valence-electron chi connectivity index (χ4n) is 1.53. The molecule has 0 atom stereocenters. The van der Waals surface area contributed by atoms with E-state index in [-0.39, 0.29) is 17.6 Å². The predicted molar refractivity (Wildman–Crippen MR) is 61.4 cm³/mol. The molecule has 1 aromatic rings. The maximum absolute atomic E-state index is 11.6. The Morgan fingerprint density at radius 3 is 2.69 bits per heavy atom. The van der Waals surface area contributed by atoms with Crippen molar-refractivity contribution < 1.29 is 9.59 Å². The lowest BCUT2D eigenvalue weighted by atomic mass is 10.0. The van der Waals surface area contributed by atoms with Gasteiger partial charge in [-0.1, -0.05) is 12.1 Å². The van der Waals surface area contributed by atoms with Gasteiger partial charge in [0.25, 0.3) is 0 Å².